The first-order valence-corrected chi connectivity index (χ1v) is 5.98. The maximum Gasteiger partial charge on any atom is 0.239 e. The van der Waals surface area contributed by atoms with Crippen molar-refractivity contribution in [3.05, 3.63) is 23.8 Å². The number of hydrogen-bond donors (Lipinski definition) is 2. The summed E-state index contributed by atoms with van der Waals surface area (Å²) in [6.45, 7) is 1.52. The Hall–Kier alpha value is -2.22. The molecule has 0 spiro atoms. The normalized spacial score (nSPS) is 12.9. The number of nitrogen functional groups attached to an aromatic ring is 1. The van der Waals surface area contributed by atoms with Crippen LogP contribution in [0.1, 0.15) is 12.0 Å². The minimum Gasteiger partial charge on any atom is -0.397 e. The fourth-order valence-electron chi connectivity index (χ4n) is 2.21. The van der Waals surface area contributed by atoms with Gasteiger partial charge in [-0.1, -0.05) is 12.1 Å². The lowest BCUT2D eigenvalue weighted by Gasteiger charge is -2.20. The molecule has 1 heterocycles. The van der Waals surface area contributed by atoms with Gasteiger partial charge in [0.2, 0.25) is 5.91 Å². The summed E-state index contributed by atoms with van der Waals surface area (Å²) in [6, 6.07) is 7.82. The molecule has 0 saturated heterocycles. The van der Waals surface area contributed by atoms with Crippen molar-refractivity contribution in [2.24, 2.45) is 0 Å². The lowest BCUT2D eigenvalue weighted by Crippen LogP contribution is -2.37. The van der Waals surface area contributed by atoms with Gasteiger partial charge in [0.1, 0.15) is 0 Å². The van der Waals surface area contributed by atoms with E-state index in [1.54, 1.807) is 0 Å². The Morgan fingerprint density at radius 2 is 2.39 bits per heavy atom. The smallest absolute Gasteiger partial charge is 0.239 e. The van der Waals surface area contributed by atoms with E-state index in [4.69, 9.17) is 11.0 Å². The molecule has 0 atom stereocenters. The fraction of sp³-hybridized carbons (Fsp3) is 0.385. The number of hydrogen-bond acceptors (Lipinski definition) is 4. The highest BCUT2D eigenvalue weighted by Crippen LogP contribution is 2.33. The van der Waals surface area contributed by atoms with Gasteiger partial charge in [-0.15, -0.1) is 0 Å². The molecule has 3 N–H and O–H groups in total. The number of anilines is 2. The molecule has 1 aromatic carbocycles. The van der Waals surface area contributed by atoms with E-state index < -0.39 is 0 Å². The number of nitrogens with one attached hydrogen (secondary N) is 1. The average molecular weight is 244 g/mol. The number of nitriles is 1. The SMILES string of the molecule is N#CCCNC(=O)CN1CCc2cccc(N)c21. The van der Waals surface area contributed by atoms with E-state index in [1.807, 2.05) is 29.2 Å². The van der Waals surface area contributed by atoms with Crippen LogP contribution in [-0.4, -0.2) is 25.5 Å². The van der Waals surface area contributed by atoms with Crippen LogP contribution in [0.2, 0.25) is 0 Å². The lowest BCUT2D eigenvalue weighted by molar-refractivity contribution is -0.119. The first kappa shape index (κ1) is 12.2. The number of para-hydroxylation sites is 1. The molecule has 1 aromatic rings. The topological polar surface area (TPSA) is 82.2 Å². The predicted octanol–water partition coefficient (Wildman–Crippen LogP) is 0.661. The Labute approximate surface area is 106 Å². The van der Waals surface area contributed by atoms with E-state index in [-0.39, 0.29) is 5.91 Å². The summed E-state index contributed by atoms with van der Waals surface area (Å²) >= 11 is 0. The lowest BCUT2D eigenvalue weighted by atomic mass is 10.1. The van der Waals surface area contributed by atoms with Crippen molar-refractivity contribution in [2.45, 2.75) is 12.8 Å². The van der Waals surface area contributed by atoms with Crippen molar-refractivity contribution in [3.63, 3.8) is 0 Å². The maximum absolute atomic E-state index is 11.7. The zero-order valence-electron chi connectivity index (χ0n) is 10.1. The largest absolute Gasteiger partial charge is 0.397 e. The molecular formula is C13H16N4O. The van der Waals surface area contributed by atoms with Crippen LogP contribution in [0.4, 0.5) is 11.4 Å². The van der Waals surface area contributed by atoms with E-state index in [1.165, 1.54) is 5.56 Å². The van der Waals surface area contributed by atoms with Crippen molar-refractivity contribution in [1.29, 1.82) is 5.26 Å². The van der Waals surface area contributed by atoms with Gasteiger partial charge in [0, 0.05) is 13.1 Å². The number of benzene rings is 1. The molecule has 0 radical (unpaired) electrons. The number of nitrogens with zero attached hydrogens (tertiary/aromatic N) is 2. The van der Waals surface area contributed by atoms with Crippen LogP contribution < -0.4 is 16.0 Å². The molecule has 0 fully saturated rings. The van der Waals surface area contributed by atoms with Crippen LogP contribution in [0.25, 0.3) is 0 Å². The summed E-state index contributed by atoms with van der Waals surface area (Å²) in [5.74, 6) is -0.0682. The van der Waals surface area contributed by atoms with Gasteiger partial charge < -0.3 is 16.0 Å². The van der Waals surface area contributed by atoms with Crippen LogP contribution in [0.15, 0.2) is 18.2 Å². The summed E-state index contributed by atoms with van der Waals surface area (Å²) in [4.78, 5) is 13.7. The third kappa shape index (κ3) is 2.54. The zero-order chi connectivity index (χ0) is 13.0. The van der Waals surface area contributed by atoms with Crippen LogP contribution in [0.3, 0.4) is 0 Å². The number of amides is 1. The molecule has 2 rings (SSSR count). The molecule has 0 saturated carbocycles. The summed E-state index contributed by atoms with van der Waals surface area (Å²) in [6.07, 6.45) is 1.26. The summed E-state index contributed by atoms with van der Waals surface area (Å²) in [7, 11) is 0. The van der Waals surface area contributed by atoms with Crippen molar-refractivity contribution in [2.75, 3.05) is 30.3 Å². The van der Waals surface area contributed by atoms with Crippen LogP contribution in [0, 0.1) is 11.3 Å². The Morgan fingerprint density at radius 3 is 3.17 bits per heavy atom. The Bertz CT molecular complexity index is 492. The summed E-state index contributed by atoms with van der Waals surface area (Å²) in [5.41, 5.74) is 8.83. The van der Waals surface area contributed by atoms with Crippen LogP contribution >= 0.6 is 0 Å². The Balaban J connectivity index is 1.98. The quantitative estimate of drug-likeness (QED) is 0.602. The number of carbonyl (C=O) groups excluding carboxylic acids is 1. The van der Waals surface area contributed by atoms with Gasteiger partial charge in [0.05, 0.1) is 30.4 Å². The van der Waals surface area contributed by atoms with E-state index in [0.29, 0.717) is 19.5 Å². The van der Waals surface area contributed by atoms with Crippen molar-refractivity contribution in [1.82, 2.24) is 5.32 Å². The number of rotatable bonds is 4. The van der Waals surface area contributed by atoms with Gasteiger partial charge >= 0.3 is 0 Å². The molecular weight excluding hydrogens is 228 g/mol. The third-order valence-electron chi connectivity index (χ3n) is 3.01. The minimum absolute atomic E-state index is 0.0682. The molecule has 5 nitrogen and oxygen atoms in total. The highest BCUT2D eigenvalue weighted by Gasteiger charge is 2.22. The van der Waals surface area contributed by atoms with Crippen LogP contribution in [0.5, 0.6) is 0 Å². The molecule has 1 amide bonds. The third-order valence-corrected chi connectivity index (χ3v) is 3.01. The molecule has 94 valence electrons. The van der Waals surface area contributed by atoms with E-state index >= 15 is 0 Å². The maximum atomic E-state index is 11.7. The molecule has 0 unspecified atom stereocenters. The van der Waals surface area contributed by atoms with Gasteiger partial charge in [0.25, 0.3) is 0 Å². The van der Waals surface area contributed by atoms with E-state index in [9.17, 15) is 4.79 Å². The van der Waals surface area contributed by atoms with Gasteiger partial charge in [0.15, 0.2) is 0 Å². The first-order chi connectivity index (χ1) is 8.72. The highest BCUT2D eigenvalue weighted by atomic mass is 16.2. The van der Waals surface area contributed by atoms with Gasteiger partial charge in [-0.05, 0) is 18.1 Å². The van der Waals surface area contributed by atoms with Gasteiger partial charge in [-0.3, -0.25) is 4.79 Å². The molecule has 0 bridgehead atoms. The fourth-order valence-corrected chi connectivity index (χ4v) is 2.21. The number of nitrogens with two attached hydrogens (primary N) is 1. The Kier molecular flexibility index (Phi) is 3.68. The molecule has 18 heavy (non-hydrogen) atoms. The highest BCUT2D eigenvalue weighted by molar-refractivity contribution is 5.85. The molecule has 1 aliphatic heterocycles. The molecule has 0 aromatic heterocycles. The monoisotopic (exact) mass is 244 g/mol. The van der Waals surface area contributed by atoms with E-state index in [2.05, 4.69) is 5.32 Å². The predicted molar refractivity (Wildman–Crippen MR) is 70.0 cm³/mol. The van der Waals surface area contributed by atoms with Crippen molar-refractivity contribution >= 4 is 17.3 Å². The summed E-state index contributed by atoms with van der Waals surface area (Å²) < 4.78 is 0. The number of fused-ring (bicyclic) bond motifs is 1. The van der Waals surface area contributed by atoms with Gasteiger partial charge in [-0.25, -0.2) is 0 Å². The van der Waals surface area contributed by atoms with Gasteiger partial charge in [-0.2, -0.15) is 5.26 Å². The Morgan fingerprint density at radius 1 is 1.56 bits per heavy atom. The standard InChI is InChI=1S/C13H16N4O/c14-6-2-7-16-12(18)9-17-8-5-10-3-1-4-11(15)13(10)17/h1,3-4H,2,5,7-9,15H2,(H,16,18). The number of carbonyl (C=O) groups is 1. The molecule has 5 heteroatoms. The second-order valence-corrected chi connectivity index (χ2v) is 4.28. The first-order valence-electron chi connectivity index (χ1n) is 5.98. The van der Waals surface area contributed by atoms with Crippen molar-refractivity contribution in [3.8, 4) is 6.07 Å². The average Bonchev–Trinajstić information content (AvgIpc) is 2.74. The van der Waals surface area contributed by atoms with Crippen LogP contribution in [-0.2, 0) is 11.2 Å². The second kappa shape index (κ2) is 5.41. The zero-order valence-corrected chi connectivity index (χ0v) is 10.1. The van der Waals surface area contributed by atoms with E-state index in [0.717, 1.165) is 24.3 Å². The summed E-state index contributed by atoms with van der Waals surface area (Å²) in [5, 5.41) is 11.1. The van der Waals surface area contributed by atoms with Crippen molar-refractivity contribution < 1.29 is 4.79 Å². The molecule has 0 aliphatic carbocycles. The minimum atomic E-state index is -0.0682. The molecule has 1 aliphatic rings. The second-order valence-electron chi connectivity index (χ2n) is 4.28.